The molecule has 0 bridgehead atoms. The third-order valence-electron chi connectivity index (χ3n) is 3.82. The first-order chi connectivity index (χ1) is 9.72. The Bertz CT molecular complexity index is 262. The maximum absolute atomic E-state index is 12.2. The van der Waals surface area contributed by atoms with Crippen LogP contribution in [0.3, 0.4) is 0 Å². The van der Waals surface area contributed by atoms with Crippen molar-refractivity contribution in [2.45, 2.75) is 25.3 Å². The van der Waals surface area contributed by atoms with E-state index in [0.717, 1.165) is 39.0 Å². The molecule has 1 heterocycles. The maximum atomic E-state index is 12.2. The van der Waals surface area contributed by atoms with Gasteiger partial charge in [-0.05, 0) is 12.8 Å². The third kappa shape index (κ3) is 5.75. The van der Waals surface area contributed by atoms with Crippen molar-refractivity contribution in [1.82, 2.24) is 9.80 Å². The van der Waals surface area contributed by atoms with E-state index in [1.807, 2.05) is 4.90 Å². The lowest BCUT2D eigenvalue weighted by Gasteiger charge is -2.31. The number of hydrogen-bond acceptors (Lipinski definition) is 5. The van der Waals surface area contributed by atoms with Crippen LogP contribution in [0.1, 0.15) is 19.3 Å². The number of hydrogen-bond donors (Lipinski definition) is 1. The molecule has 0 saturated carbocycles. The van der Waals surface area contributed by atoms with Crippen LogP contribution in [0.4, 0.5) is 0 Å². The summed E-state index contributed by atoms with van der Waals surface area (Å²) in [6.45, 7) is 5.09. The smallest absolute Gasteiger partial charge is 0.224 e. The zero-order valence-electron chi connectivity index (χ0n) is 12.8. The van der Waals surface area contributed by atoms with E-state index < -0.39 is 0 Å². The highest BCUT2D eigenvalue weighted by atomic mass is 16.5. The normalized spacial score (nSPS) is 16.9. The molecule has 0 spiro atoms. The summed E-state index contributed by atoms with van der Waals surface area (Å²) >= 11 is 0. The fourth-order valence-corrected chi connectivity index (χ4v) is 2.55. The van der Waals surface area contributed by atoms with Crippen molar-refractivity contribution >= 4 is 5.91 Å². The lowest BCUT2D eigenvalue weighted by atomic mass is 10.1. The van der Waals surface area contributed by atoms with E-state index in [-0.39, 0.29) is 11.9 Å². The summed E-state index contributed by atoms with van der Waals surface area (Å²) in [5.74, 6) is 0.220. The van der Waals surface area contributed by atoms with Gasteiger partial charge >= 0.3 is 0 Å². The van der Waals surface area contributed by atoms with Gasteiger partial charge in [0.1, 0.15) is 0 Å². The van der Waals surface area contributed by atoms with Gasteiger partial charge in [0.15, 0.2) is 0 Å². The minimum atomic E-state index is 0.0633. The molecule has 1 aliphatic rings. The van der Waals surface area contributed by atoms with Gasteiger partial charge in [0.05, 0.1) is 13.2 Å². The number of nitrogens with zero attached hydrogens (tertiary/aromatic N) is 2. The van der Waals surface area contributed by atoms with Crippen LogP contribution in [-0.2, 0) is 14.3 Å². The number of ether oxygens (including phenoxy) is 2. The van der Waals surface area contributed by atoms with Gasteiger partial charge in [-0.15, -0.1) is 0 Å². The second-order valence-electron chi connectivity index (χ2n) is 5.20. The largest absolute Gasteiger partial charge is 0.383 e. The first-order valence-electron chi connectivity index (χ1n) is 7.42. The molecule has 1 aliphatic heterocycles. The molecule has 20 heavy (non-hydrogen) atoms. The Hall–Kier alpha value is -0.690. The summed E-state index contributed by atoms with van der Waals surface area (Å²) in [5, 5.41) is 0. The molecule has 1 rings (SSSR count). The Morgan fingerprint density at radius 3 is 2.20 bits per heavy atom. The molecule has 1 fully saturated rings. The van der Waals surface area contributed by atoms with Crippen LogP contribution in [-0.4, -0.2) is 81.9 Å². The molecule has 0 aromatic rings. The Balaban J connectivity index is 2.50. The number of likely N-dealkylation sites (tertiary alicyclic amines) is 1. The molecule has 0 aromatic heterocycles. The monoisotopic (exact) mass is 287 g/mol. The molecule has 6 nitrogen and oxygen atoms in total. The average molecular weight is 287 g/mol. The van der Waals surface area contributed by atoms with Crippen LogP contribution in [0.25, 0.3) is 0 Å². The average Bonchev–Trinajstić information content (AvgIpc) is 2.99. The molecular weight excluding hydrogens is 258 g/mol. The Morgan fingerprint density at radius 1 is 1.20 bits per heavy atom. The topological polar surface area (TPSA) is 68.0 Å². The van der Waals surface area contributed by atoms with Crippen molar-refractivity contribution in [3.8, 4) is 0 Å². The van der Waals surface area contributed by atoms with Crippen LogP contribution in [0, 0.1) is 0 Å². The van der Waals surface area contributed by atoms with Crippen molar-refractivity contribution in [3.63, 3.8) is 0 Å². The number of carbonyl (C=O) groups is 1. The summed E-state index contributed by atoms with van der Waals surface area (Å²) in [7, 11) is 3.36. The molecule has 118 valence electrons. The van der Waals surface area contributed by atoms with Gasteiger partial charge in [0.25, 0.3) is 0 Å². The molecule has 1 saturated heterocycles. The van der Waals surface area contributed by atoms with Gasteiger partial charge in [-0.1, -0.05) is 0 Å². The molecule has 1 atom stereocenters. The second-order valence-corrected chi connectivity index (χ2v) is 5.20. The third-order valence-corrected chi connectivity index (χ3v) is 3.82. The van der Waals surface area contributed by atoms with E-state index in [4.69, 9.17) is 15.2 Å². The molecule has 2 N–H and O–H groups in total. The minimum Gasteiger partial charge on any atom is -0.383 e. The first-order valence-corrected chi connectivity index (χ1v) is 7.42. The van der Waals surface area contributed by atoms with E-state index in [1.54, 1.807) is 14.2 Å². The Morgan fingerprint density at radius 2 is 1.75 bits per heavy atom. The van der Waals surface area contributed by atoms with Crippen molar-refractivity contribution in [3.05, 3.63) is 0 Å². The van der Waals surface area contributed by atoms with Crippen molar-refractivity contribution in [1.29, 1.82) is 0 Å². The van der Waals surface area contributed by atoms with Gasteiger partial charge in [0, 0.05) is 59.4 Å². The molecule has 0 aliphatic carbocycles. The lowest BCUT2D eigenvalue weighted by molar-refractivity contribution is -0.131. The quantitative estimate of drug-likeness (QED) is 0.609. The SMILES string of the molecule is COCCN(CCOC)C(CN)CC(=O)N1CCCC1. The number of rotatable bonds is 10. The number of amides is 1. The fraction of sp³-hybridized carbons (Fsp3) is 0.929. The number of carbonyl (C=O) groups excluding carboxylic acids is 1. The Kier molecular flexibility index (Phi) is 8.77. The summed E-state index contributed by atoms with van der Waals surface area (Å²) in [6.07, 6.45) is 2.73. The van der Waals surface area contributed by atoms with Gasteiger partial charge < -0.3 is 20.1 Å². The molecule has 0 radical (unpaired) electrons. The highest BCUT2D eigenvalue weighted by molar-refractivity contribution is 5.77. The predicted molar refractivity (Wildman–Crippen MR) is 78.6 cm³/mol. The zero-order valence-corrected chi connectivity index (χ0v) is 12.8. The van der Waals surface area contributed by atoms with E-state index in [1.165, 1.54) is 0 Å². The molecule has 0 aromatic carbocycles. The lowest BCUT2D eigenvalue weighted by Crippen LogP contribution is -2.47. The minimum absolute atomic E-state index is 0.0633. The summed E-state index contributed by atoms with van der Waals surface area (Å²) in [5.41, 5.74) is 5.87. The highest BCUT2D eigenvalue weighted by Crippen LogP contribution is 2.12. The van der Waals surface area contributed by atoms with Crippen LogP contribution in [0.2, 0.25) is 0 Å². The van der Waals surface area contributed by atoms with Gasteiger partial charge in [-0.2, -0.15) is 0 Å². The van der Waals surface area contributed by atoms with Crippen molar-refractivity contribution in [2.75, 3.05) is 60.2 Å². The number of methoxy groups -OCH3 is 2. The number of nitrogens with two attached hydrogens (primary N) is 1. The van der Waals surface area contributed by atoms with Crippen LogP contribution >= 0.6 is 0 Å². The molecular formula is C14H29N3O3. The highest BCUT2D eigenvalue weighted by Gasteiger charge is 2.24. The predicted octanol–water partition coefficient (Wildman–Crippen LogP) is -0.0790. The van der Waals surface area contributed by atoms with Gasteiger partial charge in [-0.3, -0.25) is 9.69 Å². The molecule has 1 unspecified atom stereocenters. The van der Waals surface area contributed by atoms with Crippen molar-refractivity contribution in [2.24, 2.45) is 5.73 Å². The van der Waals surface area contributed by atoms with E-state index >= 15 is 0 Å². The van der Waals surface area contributed by atoms with Gasteiger partial charge in [0.2, 0.25) is 5.91 Å². The second kappa shape index (κ2) is 10.1. The van der Waals surface area contributed by atoms with E-state index in [0.29, 0.717) is 26.2 Å². The summed E-state index contributed by atoms with van der Waals surface area (Å²) in [6, 6.07) is 0.0633. The summed E-state index contributed by atoms with van der Waals surface area (Å²) < 4.78 is 10.3. The summed E-state index contributed by atoms with van der Waals surface area (Å²) in [4.78, 5) is 16.4. The zero-order chi connectivity index (χ0) is 14.8. The molecule has 1 amide bonds. The van der Waals surface area contributed by atoms with E-state index in [9.17, 15) is 4.79 Å². The Labute approximate surface area is 122 Å². The first kappa shape index (κ1) is 17.4. The van der Waals surface area contributed by atoms with E-state index in [2.05, 4.69) is 4.90 Å². The van der Waals surface area contributed by atoms with Crippen LogP contribution in [0.5, 0.6) is 0 Å². The maximum Gasteiger partial charge on any atom is 0.224 e. The fourth-order valence-electron chi connectivity index (χ4n) is 2.55. The van der Waals surface area contributed by atoms with Crippen LogP contribution in [0.15, 0.2) is 0 Å². The van der Waals surface area contributed by atoms with Gasteiger partial charge in [-0.25, -0.2) is 0 Å². The molecule has 6 heteroatoms. The van der Waals surface area contributed by atoms with Crippen molar-refractivity contribution < 1.29 is 14.3 Å². The van der Waals surface area contributed by atoms with Crippen LogP contribution < -0.4 is 5.73 Å². The standard InChI is InChI=1S/C14H29N3O3/c1-19-9-7-16(8-10-20-2)13(12-15)11-14(18)17-5-3-4-6-17/h13H,3-12,15H2,1-2H3.